The van der Waals surface area contributed by atoms with E-state index in [-0.39, 0.29) is 18.5 Å². The summed E-state index contributed by atoms with van der Waals surface area (Å²) >= 11 is 0. The SMILES string of the molecule is CCCCCCCCCCCCCCCCCC(=O)OCC1(C)CNN(c2ccccc2)C1=O. The minimum absolute atomic E-state index is 0.0570. The molecule has 2 rings (SSSR count). The van der Waals surface area contributed by atoms with E-state index in [2.05, 4.69) is 12.3 Å². The molecule has 0 radical (unpaired) electrons. The Hall–Kier alpha value is -1.88. The number of rotatable bonds is 19. The van der Waals surface area contributed by atoms with E-state index in [0.717, 1.165) is 18.5 Å². The Labute approximate surface area is 208 Å². The molecule has 34 heavy (non-hydrogen) atoms. The second-order valence-corrected chi connectivity index (χ2v) is 10.2. The van der Waals surface area contributed by atoms with Crippen molar-refractivity contribution in [1.29, 1.82) is 0 Å². The van der Waals surface area contributed by atoms with Gasteiger partial charge < -0.3 is 4.74 Å². The van der Waals surface area contributed by atoms with Gasteiger partial charge in [-0.15, -0.1) is 0 Å². The lowest BCUT2D eigenvalue weighted by Gasteiger charge is -2.21. The maximum absolute atomic E-state index is 12.8. The number of hydrazine groups is 1. The van der Waals surface area contributed by atoms with Crippen molar-refractivity contribution in [3.05, 3.63) is 30.3 Å². The van der Waals surface area contributed by atoms with Gasteiger partial charge in [0.15, 0.2) is 0 Å². The monoisotopic (exact) mass is 472 g/mol. The van der Waals surface area contributed by atoms with E-state index in [9.17, 15) is 9.59 Å². The molecule has 1 fully saturated rings. The maximum atomic E-state index is 12.8. The summed E-state index contributed by atoms with van der Waals surface area (Å²) in [6.45, 7) is 4.72. The zero-order valence-electron chi connectivity index (χ0n) is 21.8. The number of amides is 1. The number of para-hydroxylation sites is 1. The average molecular weight is 473 g/mol. The Bertz CT molecular complexity index is 694. The smallest absolute Gasteiger partial charge is 0.305 e. The highest BCUT2D eigenvalue weighted by Crippen LogP contribution is 2.28. The van der Waals surface area contributed by atoms with Crippen molar-refractivity contribution in [3.63, 3.8) is 0 Å². The van der Waals surface area contributed by atoms with Gasteiger partial charge in [0.1, 0.15) is 6.61 Å². The molecular formula is C29H48N2O3. The number of unbranched alkanes of at least 4 members (excludes halogenated alkanes) is 14. The Morgan fingerprint density at radius 1 is 0.853 bits per heavy atom. The number of benzene rings is 1. The zero-order chi connectivity index (χ0) is 24.5. The molecule has 1 aromatic rings. The number of hydrogen-bond acceptors (Lipinski definition) is 4. The summed E-state index contributed by atoms with van der Waals surface area (Å²) in [7, 11) is 0. The molecular weight excluding hydrogens is 424 g/mol. The highest BCUT2D eigenvalue weighted by molar-refractivity contribution is 5.99. The Kier molecular flexibility index (Phi) is 13.9. The summed E-state index contributed by atoms with van der Waals surface area (Å²) in [5.74, 6) is -0.250. The Morgan fingerprint density at radius 3 is 1.88 bits per heavy atom. The number of ether oxygens (including phenoxy) is 1. The largest absolute Gasteiger partial charge is 0.464 e. The first-order valence-corrected chi connectivity index (χ1v) is 13.9. The van der Waals surface area contributed by atoms with Gasteiger partial charge in [-0.1, -0.05) is 115 Å². The predicted octanol–water partition coefficient (Wildman–Crippen LogP) is 7.35. The third-order valence-electron chi connectivity index (χ3n) is 6.90. The topological polar surface area (TPSA) is 58.6 Å². The van der Waals surface area contributed by atoms with Crippen molar-refractivity contribution in [3.8, 4) is 0 Å². The van der Waals surface area contributed by atoms with Gasteiger partial charge in [0, 0.05) is 13.0 Å². The molecule has 1 amide bonds. The number of carbonyl (C=O) groups excluding carboxylic acids is 2. The first-order chi connectivity index (χ1) is 16.6. The van der Waals surface area contributed by atoms with Gasteiger partial charge in [-0.05, 0) is 25.5 Å². The molecule has 0 spiro atoms. The molecule has 192 valence electrons. The van der Waals surface area contributed by atoms with Gasteiger partial charge in [0.2, 0.25) is 0 Å². The fourth-order valence-corrected chi connectivity index (χ4v) is 4.52. The minimum Gasteiger partial charge on any atom is -0.464 e. The molecule has 1 aromatic carbocycles. The fraction of sp³-hybridized carbons (Fsp3) is 0.724. The number of nitrogens with zero attached hydrogens (tertiary/aromatic N) is 1. The van der Waals surface area contributed by atoms with Gasteiger partial charge in [-0.2, -0.15) is 0 Å². The molecule has 1 atom stereocenters. The molecule has 5 nitrogen and oxygen atoms in total. The van der Waals surface area contributed by atoms with Crippen LogP contribution in [0.1, 0.15) is 117 Å². The number of nitrogens with one attached hydrogen (secondary N) is 1. The highest BCUT2D eigenvalue weighted by atomic mass is 16.5. The minimum atomic E-state index is -0.722. The summed E-state index contributed by atoms with van der Waals surface area (Å²) in [6, 6.07) is 9.50. The van der Waals surface area contributed by atoms with Crippen LogP contribution in [0.3, 0.4) is 0 Å². The normalized spacial score (nSPS) is 17.9. The summed E-state index contributed by atoms with van der Waals surface area (Å²) in [5.41, 5.74) is 3.21. The van der Waals surface area contributed by atoms with E-state index in [1.165, 1.54) is 83.5 Å². The van der Waals surface area contributed by atoms with Crippen LogP contribution >= 0.6 is 0 Å². The van der Waals surface area contributed by atoms with E-state index in [1.54, 1.807) is 5.01 Å². The summed E-state index contributed by atoms with van der Waals surface area (Å²) in [5, 5.41) is 1.56. The molecule has 0 aromatic heterocycles. The number of hydrogen-bond donors (Lipinski definition) is 1. The van der Waals surface area contributed by atoms with Crippen LogP contribution in [0.2, 0.25) is 0 Å². The summed E-state index contributed by atoms with van der Waals surface area (Å²) in [6.07, 6.45) is 20.1. The van der Waals surface area contributed by atoms with Gasteiger partial charge in [-0.25, -0.2) is 10.4 Å². The first kappa shape index (κ1) is 28.4. The van der Waals surface area contributed by atoms with Gasteiger partial charge in [-0.3, -0.25) is 9.59 Å². The molecule has 1 saturated heterocycles. The molecule has 0 saturated carbocycles. The molecule has 1 aliphatic heterocycles. The van der Waals surface area contributed by atoms with Crippen molar-refractivity contribution in [2.75, 3.05) is 18.2 Å². The van der Waals surface area contributed by atoms with Crippen molar-refractivity contribution < 1.29 is 14.3 Å². The standard InChI is InChI=1S/C29H48N2O3/c1-3-4-5-6-7-8-9-10-11-12-13-14-15-16-20-23-27(32)34-25-29(2)24-30-31(28(29)33)26-21-18-17-19-22-26/h17-19,21-22,30H,3-16,20,23-25H2,1-2H3. The highest BCUT2D eigenvalue weighted by Gasteiger charge is 2.44. The van der Waals surface area contributed by atoms with Crippen molar-refractivity contribution in [2.24, 2.45) is 5.41 Å². The van der Waals surface area contributed by atoms with Crippen molar-refractivity contribution in [1.82, 2.24) is 5.43 Å². The van der Waals surface area contributed by atoms with E-state index < -0.39 is 5.41 Å². The van der Waals surface area contributed by atoms with Crippen LogP contribution in [-0.2, 0) is 14.3 Å². The van der Waals surface area contributed by atoms with E-state index in [0.29, 0.717) is 13.0 Å². The van der Waals surface area contributed by atoms with E-state index in [1.807, 2.05) is 37.3 Å². The maximum Gasteiger partial charge on any atom is 0.305 e. The van der Waals surface area contributed by atoms with Crippen LogP contribution in [0.4, 0.5) is 5.69 Å². The summed E-state index contributed by atoms with van der Waals surface area (Å²) in [4.78, 5) is 25.0. The van der Waals surface area contributed by atoms with Gasteiger partial charge >= 0.3 is 5.97 Å². The van der Waals surface area contributed by atoms with Crippen LogP contribution in [0.25, 0.3) is 0 Å². The lowest BCUT2D eigenvalue weighted by Crippen LogP contribution is -2.38. The molecule has 1 N–H and O–H groups in total. The van der Waals surface area contributed by atoms with Crippen LogP contribution < -0.4 is 10.4 Å². The van der Waals surface area contributed by atoms with Crippen LogP contribution in [0.5, 0.6) is 0 Å². The number of esters is 1. The Balaban J connectivity index is 1.43. The number of carbonyl (C=O) groups is 2. The molecule has 1 unspecified atom stereocenters. The van der Waals surface area contributed by atoms with Crippen LogP contribution in [-0.4, -0.2) is 25.0 Å². The van der Waals surface area contributed by atoms with Crippen molar-refractivity contribution in [2.45, 2.75) is 117 Å². The molecule has 0 aliphatic carbocycles. The molecule has 0 bridgehead atoms. The van der Waals surface area contributed by atoms with Crippen molar-refractivity contribution >= 4 is 17.6 Å². The third-order valence-corrected chi connectivity index (χ3v) is 6.90. The van der Waals surface area contributed by atoms with Crippen LogP contribution in [0, 0.1) is 5.41 Å². The lowest BCUT2D eigenvalue weighted by molar-refractivity contribution is -0.148. The second kappa shape index (κ2) is 16.7. The Morgan fingerprint density at radius 2 is 1.35 bits per heavy atom. The predicted molar refractivity (Wildman–Crippen MR) is 141 cm³/mol. The first-order valence-electron chi connectivity index (χ1n) is 13.9. The van der Waals surface area contributed by atoms with E-state index >= 15 is 0 Å². The number of anilines is 1. The summed E-state index contributed by atoms with van der Waals surface area (Å²) < 4.78 is 5.48. The fourth-order valence-electron chi connectivity index (χ4n) is 4.52. The second-order valence-electron chi connectivity index (χ2n) is 10.2. The van der Waals surface area contributed by atoms with Crippen LogP contribution in [0.15, 0.2) is 30.3 Å². The van der Waals surface area contributed by atoms with Gasteiger partial charge in [0.05, 0.1) is 11.1 Å². The molecule has 1 heterocycles. The van der Waals surface area contributed by atoms with E-state index in [4.69, 9.17) is 4.74 Å². The average Bonchev–Trinajstić information content (AvgIpc) is 3.15. The molecule has 1 aliphatic rings. The lowest BCUT2D eigenvalue weighted by atomic mass is 9.92. The third kappa shape index (κ3) is 10.6. The van der Waals surface area contributed by atoms with Gasteiger partial charge in [0.25, 0.3) is 5.91 Å². The quantitative estimate of drug-likeness (QED) is 0.169. The zero-order valence-corrected chi connectivity index (χ0v) is 21.8. The molecule has 5 heteroatoms.